The summed E-state index contributed by atoms with van der Waals surface area (Å²) in [4.78, 5) is 56.4. The number of nitrogens with two attached hydrogens (primary N) is 3. The number of nitrogens with one attached hydrogen (secondary N) is 3. The molecule has 5 rings (SSSR count). The Morgan fingerprint density at radius 3 is 2.04 bits per heavy atom. The Balaban J connectivity index is 1.53. The van der Waals surface area contributed by atoms with Crippen LogP contribution in [-0.4, -0.2) is 86.5 Å². The molecule has 14 heteroatoms. The molecule has 0 saturated carbocycles. The normalized spacial score (nSPS) is 17.3. The average molecular weight is 761 g/mol. The summed E-state index contributed by atoms with van der Waals surface area (Å²) in [6.45, 7) is 4.06. The molecule has 1 aliphatic rings. The largest absolute Gasteiger partial charge is 0.492 e. The summed E-state index contributed by atoms with van der Waals surface area (Å²) in [6, 6.07) is 22.9. The van der Waals surface area contributed by atoms with Gasteiger partial charge in [-0.15, -0.1) is 0 Å². The van der Waals surface area contributed by atoms with Gasteiger partial charge in [0.25, 0.3) is 5.91 Å². The molecule has 292 valence electrons. The fourth-order valence-corrected chi connectivity index (χ4v) is 6.40. The summed E-state index contributed by atoms with van der Waals surface area (Å²) in [5.41, 5.74) is 23.2. The second-order valence-corrected chi connectivity index (χ2v) is 13.5. The van der Waals surface area contributed by atoms with Crippen LogP contribution in [0.2, 0.25) is 0 Å². The van der Waals surface area contributed by atoms with Gasteiger partial charge in [-0.3, -0.25) is 19.2 Å². The Hall–Kier alpha value is -6.27. The maximum atomic E-state index is 14.3. The smallest absolute Gasteiger partial charge is 0.251 e. The second kappa shape index (κ2) is 18.9. The van der Waals surface area contributed by atoms with Gasteiger partial charge in [-0.1, -0.05) is 54.1 Å². The van der Waals surface area contributed by atoms with Crippen molar-refractivity contribution in [3.8, 4) is 39.8 Å². The zero-order valence-electron chi connectivity index (χ0n) is 31.7. The van der Waals surface area contributed by atoms with E-state index in [0.717, 1.165) is 16.7 Å². The fraction of sp³-hybridized carbons (Fsp3) is 0.310. The SMILES string of the molecule is Cc1ccc(-c2ccc(C(=O)N[C@@H](CN)C(=O)N(C)[C@@H]3C(=O)N[C@@H](C)C(=O)N[C@H](C#N)Cc4ccc(OCCN)c(c4)-c4cc3ccc4OCCN)cc2)cc1. The van der Waals surface area contributed by atoms with Crippen molar-refractivity contribution in [3.63, 3.8) is 0 Å². The standard InChI is InChI=1S/C42H48N8O6/c1-25-4-7-28(8-5-25)29-9-11-30(12-10-29)40(52)49-35(24-46)42(54)50(3)38-31-13-15-37(56-19-17-44)34(22-31)33-21-27(6-14-36(33)55-18-16-43)20-32(23-45)48-39(51)26(2)47-41(38)53/h4-15,21-22,26,32,35,38H,16-20,24,43-44,46H2,1-3H3,(H,47,53)(H,48,51)(H,49,52)/t26-,32-,35-,38-/m0/s1. The number of hydrogen-bond donors (Lipinski definition) is 6. The van der Waals surface area contributed by atoms with E-state index < -0.39 is 47.8 Å². The van der Waals surface area contributed by atoms with E-state index in [1.165, 1.54) is 18.9 Å². The summed E-state index contributed by atoms with van der Waals surface area (Å²) in [5.74, 6) is -1.59. The van der Waals surface area contributed by atoms with Crippen LogP contribution < -0.4 is 42.6 Å². The molecule has 4 atom stereocenters. The highest BCUT2D eigenvalue weighted by Crippen LogP contribution is 2.40. The van der Waals surface area contributed by atoms with E-state index in [1.54, 1.807) is 42.5 Å². The molecule has 56 heavy (non-hydrogen) atoms. The van der Waals surface area contributed by atoms with E-state index in [0.29, 0.717) is 39.3 Å². The Morgan fingerprint density at radius 1 is 0.857 bits per heavy atom. The molecule has 4 bridgehead atoms. The third kappa shape index (κ3) is 9.69. The monoisotopic (exact) mass is 760 g/mol. The lowest BCUT2D eigenvalue weighted by Gasteiger charge is -2.32. The predicted octanol–water partition coefficient (Wildman–Crippen LogP) is 2.33. The lowest BCUT2D eigenvalue weighted by atomic mass is 9.93. The predicted molar refractivity (Wildman–Crippen MR) is 212 cm³/mol. The van der Waals surface area contributed by atoms with Crippen molar-refractivity contribution in [2.24, 2.45) is 17.2 Å². The van der Waals surface area contributed by atoms with E-state index >= 15 is 0 Å². The highest BCUT2D eigenvalue weighted by molar-refractivity contribution is 5.99. The van der Waals surface area contributed by atoms with E-state index in [2.05, 4.69) is 22.0 Å². The number of nitriles is 1. The molecule has 9 N–H and O–H groups in total. The zero-order chi connectivity index (χ0) is 40.4. The number of ether oxygens (including phenoxy) is 2. The van der Waals surface area contributed by atoms with Crippen LogP contribution in [0.5, 0.6) is 11.5 Å². The fourth-order valence-electron chi connectivity index (χ4n) is 6.40. The van der Waals surface area contributed by atoms with Gasteiger partial charge in [0.05, 0.1) is 6.07 Å². The van der Waals surface area contributed by atoms with Gasteiger partial charge < -0.3 is 47.5 Å². The number of amides is 4. The second-order valence-electron chi connectivity index (χ2n) is 13.5. The number of aryl methyl sites for hydroxylation is 1. The lowest BCUT2D eigenvalue weighted by Crippen LogP contribution is -2.55. The third-order valence-electron chi connectivity index (χ3n) is 9.42. The first-order chi connectivity index (χ1) is 27.0. The number of benzene rings is 4. The van der Waals surface area contributed by atoms with Gasteiger partial charge in [-0.05, 0) is 72.5 Å². The number of likely N-dealkylation sites (N-methyl/N-ethyl adjacent to an activating group) is 1. The number of carbonyl (C=O) groups is 4. The summed E-state index contributed by atoms with van der Waals surface area (Å²) in [7, 11) is 1.42. The number of hydrogen-bond acceptors (Lipinski definition) is 10. The third-order valence-corrected chi connectivity index (χ3v) is 9.42. The van der Waals surface area contributed by atoms with Crippen LogP contribution in [-0.2, 0) is 20.8 Å². The molecule has 1 aliphatic heterocycles. The number of nitrogens with zero attached hydrogens (tertiary/aromatic N) is 2. The quantitative estimate of drug-likeness (QED) is 0.124. The summed E-state index contributed by atoms with van der Waals surface area (Å²) < 4.78 is 12.1. The minimum atomic E-state index is -1.33. The molecule has 4 aromatic carbocycles. The summed E-state index contributed by atoms with van der Waals surface area (Å²) in [6.07, 6.45) is 0.161. The van der Waals surface area contributed by atoms with Crippen LogP contribution in [0.1, 0.15) is 40.0 Å². The highest BCUT2D eigenvalue weighted by Gasteiger charge is 2.35. The van der Waals surface area contributed by atoms with Gasteiger partial charge >= 0.3 is 0 Å². The molecule has 14 nitrogen and oxygen atoms in total. The van der Waals surface area contributed by atoms with Gasteiger partial charge in [-0.2, -0.15) is 5.26 Å². The molecule has 0 fully saturated rings. The van der Waals surface area contributed by atoms with Crippen molar-refractivity contribution in [1.29, 1.82) is 5.26 Å². The first-order valence-corrected chi connectivity index (χ1v) is 18.4. The van der Waals surface area contributed by atoms with Crippen LogP contribution in [0.15, 0.2) is 84.9 Å². The summed E-state index contributed by atoms with van der Waals surface area (Å²) in [5, 5.41) is 18.1. The Morgan fingerprint density at radius 2 is 1.45 bits per heavy atom. The zero-order valence-corrected chi connectivity index (χ0v) is 31.7. The maximum Gasteiger partial charge on any atom is 0.251 e. The van der Waals surface area contributed by atoms with Crippen molar-refractivity contribution in [2.75, 3.05) is 39.9 Å². The first-order valence-electron chi connectivity index (χ1n) is 18.4. The number of fused-ring (bicyclic) bond motifs is 5. The Bertz CT molecular complexity index is 2080. The van der Waals surface area contributed by atoms with Crippen LogP contribution in [0.3, 0.4) is 0 Å². The molecule has 1 heterocycles. The molecular weight excluding hydrogens is 713 g/mol. The molecule has 0 radical (unpaired) electrons. The minimum Gasteiger partial charge on any atom is -0.492 e. The number of rotatable bonds is 12. The maximum absolute atomic E-state index is 14.3. The van der Waals surface area contributed by atoms with Crippen molar-refractivity contribution in [3.05, 3.63) is 107 Å². The average Bonchev–Trinajstić information content (AvgIpc) is 3.21. The lowest BCUT2D eigenvalue weighted by molar-refractivity contribution is -0.141. The molecule has 0 unspecified atom stereocenters. The van der Waals surface area contributed by atoms with Gasteiger partial charge in [0, 0.05) is 49.8 Å². The van der Waals surface area contributed by atoms with Crippen LogP contribution in [0, 0.1) is 18.3 Å². The van der Waals surface area contributed by atoms with Crippen molar-refractivity contribution in [2.45, 2.75) is 44.4 Å². The van der Waals surface area contributed by atoms with Crippen molar-refractivity contribution in [1.82, 2.24) is 20.9 Å². The minimum absolute atomic E-state index is 0.161. The van der Waals surface area contributed by atoms with E-state index in [-0.39, 0.29) is 39.3 Å². The van der Waals surface area contributed by atoms with Gasteiger partial charge in [0.15, 0.2) is 0 Å². The van der Waals surface area contributed by atoms with Crippen molar-refractivity contribution >= 4 is 23.6 Å². The van der Waals surface area contributed by atoms with E-state index in [4.69, 9.17) is 26.7 Å². The van der Waals surface area contributed by atoms with Crippen LogP contribution in [0.4, 0.5) is 0 Å². The van der Waals surface area contributed by atoms with Gasteiger partial charge in [0.2, 0.25) is 17.7 Å². The van der Waals surface area contributed by atoms with E-state index in [9.17, 15) is 24.4 Å². The molecule has 4 aromatic rings. The van der Waals surface area contributed by atoms with Crippen LogP contribution >= 0.6 is 0 Å². The molecule has 0 saturated heterocycles. The Labute approximate surface area is 326 Å². The topological polar surface area (TPSA) is 228 Å². The molecule has 0 spiro atoms. The Kier molecular flexibility index (Phi) is 13.8. The first kappa shape index (κ1) is 40.9. The van der Waals surface area contributed by atoms with Gasteiger partial charge in [0.1, 0.15) is 48.9 Å². The van der Waals surface area contributed by atoms with E-state index in [1.807, 2.05) is 49.4 Å². The molecule has 0 aliphatic carbocycles. The molecule has 4 amide bonds. The highest BCUT2D eigenvalue weighted by atomic mass is 16.5. The number of carbonyl (C=O) groups excluding carboxylic acids is 4. The van der Waals surface area contributed by atoms with Crippen LogP contribution in [0.25, 0.3) is 22.3 Å². The summed E-state index contributed by atoms with van der Waals surface area (Å²) >= 11 is 0. The molecular formula is C42H48N8O6. The van der Waals surface area contributed by atoms with Crippen molar-refractivity contribution < 1.29 is 28.7 Å². The molecule has 0 aromatic heterocycles. The van der Waals surface area contributed by atoms with Gasteiger partial charge in [-0.25, -0.2) is 0 Å².